The highest BCUT2D eigenvalue weighted by atomic mass is 16.1. The lowest BCUT2D eigenvalue weighted by Gasteiger charge is -2.17. The molecule has 1 aliphatic heterocycles. The molecule has 92 valence electrons. The molecule has 1 amide bonds. The van der Waals surface area contributed by atoms with Crippen molar-refractivity contribution in [1.29, 1.82) is 0 Å². The summed E-state index contributed by atoms with van der Waals surface area (Å²) in [5, 5.41) is 6.47. The molecule has 1 unspecified atom stereocenters. The first-order valence-electron chi connectivity index (χ1n) is 6.34. The van der Waals surface area contributed by atoms with Crippen LogP contribution in [0.4, 0.5) is 0 Å². The van der Waals surface area contributed by atoms with Crippen LogP contribution in [0.3, 0.4) is 0 Å². The number of nitrogens with one attached hydrogen (secondary N) is 2. The van der Waals surface area contributed by atoms with Crippen LogP contribution in [-0.2, 0) is 0 Å². The van der Waals surface area contributed by atoms with E-state index in [-0.39, 0.29) is 11.9 Å². The Morgan fingerprint density at radius 3 is 3.00 bits per heavy atom. The molecule has 0 aliphatic carbocycles. The van der Waals surface area contributed by atoms with Crippen LogP contribution in [0.2, 0.25) is 0 Å². The van der Waals surface area contributed by atoms with E-state index in [0.717, 1.165) is 30.6 Å². The van der Waals surface area contributed by atoms with Gasteiger partial charge < -0.3 is 10.6 Å². The zero-order valence-corrected chi connectivity index (χ0v) is 10.3. The lowest BCUT2D eigenvalue weighted by molar-refractivity contribution is 0.0935. The summed E-state index contributed by atoms with van der Waals surface area (Å²) in [6.07, 6.45) is 3.47. The predicted molar refractivity (Wildman–Crippen MR) is 69.2 cm³/mol. The lowest BCUT2D eigenvalue weighted by atomic mass is 10.1. The first kappa shape index (κ1) is 12.1. The smallest absolute Gasteiger partial charge is 0.251 e. The second-order valence-electron chi connectivity index (χ2n) is 4.69. The van der Waals surface area contributed by atoms with E-state index in [1.54, 1.807) is 0 Å². The van der Waals surface area contributed by atoms with Gasteiger partial charge in [-0.3, -0.25) is 4.79 Å². The maximum absolute atomic E-state index is 12.1. The maximum atomic E-state index is 12.1. The summed E-state index contributed by atoms with van der Waals surface area (Å²) >= 11 is 0. The van der Waals surface area contributed by atoms with E-state index in [0.29, 0.717) is 0 Å². The predicted octanol–water partition coefficient (Wildman–Crippen LogP) is 1.87. The third-order valence-electron chi connectivity index (χ3n) is 3.27. The van der Waals surface area contributed by atoms with Crippen molar-refractivity contribution in [2.45, 2.75) is 32.2 Å². The molecule has 0 spiro atoms. The average Bonchev–Trinajstić information content (AvgIpc) is 2.58. The first-order valence-corrected chi connectivity index (χ1v) is 6.34. The van der Waals surface area contributed by atoms with Crippen molar-refractivity contribution in [3.8, 4) is 0 Å². The van der Waals surface area contributed by atoms with E-state index in [9.17, 15) is 4.79 Å². The molecule has 17 heavy (non-hydrogen) atoms. The van der Waals surface area contributed by atoms with Crippen LogP contribution in [0.25, 0.3) is 0 Å². The van der Waals surface area contributed by atoms with Gasteiger partial charge in [0.1, 0.15) is 0 Å². The number of carbonyl (C=O) groups excluding carboxylic acids is 1. The monoisotopic (exact) mass is 232 g/mol. The Bertz CT molecular complexity index is 382. The van der Waals surface area contributed by atoms with Gasteiger partial charge in [0.2, 0.25) is 0 Å². The second-order valence-corrected chi connectivity index (χ2v) is 4.69. The van der Waals surface area contributed by atoms with Crippen molar-refractivity contribution in [2.75, 3.05) is 13.1 Å². The molecular weight excluding hydrogens is 212 g/mol. The maximum Gasteiger partial charge on any atom is 0.251 e. The molecule has 2 N–H and O–H groups in total. The quantitative estimate of drug-likeness (QED) is 0.817. The van der Waals surface area contributed by atoms with Crippen molar-refractivity contribution in [3.63, 3.8) is 0 Å². The minimum absolute atomic E-state index is 0.0526. The molecule has 0 radical (unpaired) electrons. The van der Waals surface area contributed by atoms with Crippen LogP contribution in [0.5, 0.6) is 0 Å². The molecule has 2 rings (SSSR count). The summed E-state index contributed by atoms with van der Waals surface area (Å²) in [6.45, 7) is 3.93. The van der Waals surface area contributed by atoms with Crippen LogP contribution in [0.1, 0.15) is 35.2 Å². The fourth-order valence-corrected chi connectivity index (χ4v) is 2.23. The number of amides is 1. The van der Waals surface area contributed by atoms with Gasteiger partial charge in [-0.25, -0.2) is 0 Å². The highest BCUT2D eigenvalue weighted by Gasteiger charge is 2.16. The first-order chi connectivity index (χ1) is 8.27. The third kappa shape index (κ3) is 3.30. The second kappa shape index (κ2) is 5.82. The van der Waals surface area contributed by atoms with Gasteiger partial charge in [0.25, 0.3) is 5.91 Å². The van der Waals surface area contributed by atoms with Crippen LogP contribution in [0.15, 0.2) is 24.3 Å². The minimum Gasteiger partial charge on any atom is -0.348 e. The molecule has 1 aliphatic rings. The summed E-state index contributed by atoms with van der Waals surface area (Å²) in [5.41, 5.74) is 1.82. The topological polar surface area (TPSA) is 41.1 Å². The van der Waals surface area contributed by atoms with E-state index in [1.807, 2.05) is 31.2 Å². The molecule has 1 fully saturated rings. The normalized spacial score (nSPS) is 20.6. The highest BCUT2D eigenvalue weighted by Crippen LogP contribution is 2.09. The fraction of sp³-hybridized carbons (Fsp3) is 0.500. The highest BCUT2D eigenvalue weighted by molar-refractivity contribution is 5.95. The van der Waals surface area contributed by atoms with E-state index in [2.05, 4.69) is 10.6 Å². The molecule has 1 atom stereocenters. The van der Waals surface area contributed by atoms with Crippen molar-refractivity contribution in [1.82, 2.24) is 10.6 Å². The summed E-state index contributed by atoms with van der Waals surface area (Å²) < 4.78 is 0. The Morgan fingerprint density at radius 1 is 1.35 bits per heavy atom. The van der Waals surface area contributed by atoms with Crippen LogP contribution in [-0.4, -0.2) is 25.0 Å². The van der Waals surface area contributed by atoms with Crippen molar-refractivity contribution < 1.29 is 4.79 Å². The number of rotatable bonds is 2. The number of benzene rings is 1. The van der Waals surface area contributed by atoms with E-state index in [4.69, 9.17) is 0 Å². The molecular formula is C14H20N2O. The van der Waals surface area contributed by atoms with Crippen LogP contribution < -0.4 is 10.6 Å². The SMILES string of the molecule is Cc1ccccc1C(=O)NC1CCCCNC1. The molecule has 1 saturated heterocycles. The zero-order chi connectivity index (χ0) is 12.1. The number of carbonyl (C=O) groups is 1. The Kier molecular flexibility index (Phi) is 4.15. The molecule has 3 heteroatoms. The van der Waals surface area contributed by atoms with Crippen LogP contribution >= 0.6 is 0 Å². The number of hydrogen-bond acceptors (Lipinski definition) is 2. The van der Waals surface area contributed by atoms with Gasteiger partial charge in [0.15, 0.2) is 0 Å². The number of aryl methyl sites for hydroxylation is 1. The van der Waals surface area contributed by atoms with Gasteiger partial charge in [-0.05, 0) is 37.9 Å². The zero-order valence-electron chi connectivity index (χ0n) is 10.3. The van der Waals surface area contributed by atoms with Gasteiger partial charge in [-0.15, -0.1) is 0 Å². The summed E-state index contributed by atoms with van der Waals surface area (Å²) in [6, 6.07) is 7.99. The fourth-order valence-electron chi connectivity index (χ4n) is 2.23. The van der Waals surface area contributed by atoms with Gasteiger partial charge in [0.05, 0.1) is 0 Å². The third-order valence-corrected chi connectivity index (χ3v) is 3.27. The summed E-state index contributed by atoms with van der Waals surface area (Å²) in [7, 11) is 0. The average molecular weight is 232 g/mol. The van der Waals surface area contributed by atoms with Crippen LogP contribution in [0, 0.1) is 6.92 Å². The molecule has 0 saturated carbocycles. The summed E-state index contributed by atoms with van der Waals surface area (Å²) in [5.74, 6) is 0.0526. The Balaban J connectivity index is 1.98. The standard InChI is InChI=1S/C14H20N2O/c1-11-6-2-3-8-13(11)14(17)16-12-7-4-5-9-15-10-12/h2-3,6,8,12,15H,4-5,7,9-10H2,1H3,(H,16,17). The molecule has 3 nitrogen and oxygen atoms in total. The van der Waals surface area contributed by atoms with Gasteiger partial charge in [-0.1, -0.05) is 24.6 Å². The lowest BCUT2D eigenvalue weighted by Crippen LogP contribution is -2.41. The molecule has 1 aromatic carbocycles. The van der Waals surface area contributed by atoms with Gasteiger partial charge in [0, 0.05) is 18.2 Å². The molecule has 1 aromatic rings. The molecule has 0 aromatic heterocycles. The van der Waals surface area contributed by atoms with E-state index in [1.165, 1.54) is 12.8 Å². The van der Waals surface area contributed by atoms with Crippen molar-refractivity contribution in [3.05, 3.63) is 35.4 Å². The van der Waals surface area contributed by atoms with E-state index >= 15 is 0 Å². The minimum atomic E-state index is 0.0526. The Hall–Kier alpha value is -1.35. The Morgan fingerprint density at radius 2 is 2.18 bits per heavy atom. The summed E-state index contributed by atoms with van der Waals surface area (Å²) in [4.78, 5) is 12.1. The molecule has 1 heterocycles. The van der Waals surface area contributed by atoms with Crippen molar-refractivity contribution >= 4 is 5.91 Å². The largest absolute Gasteiger partial charge is 0.348 e. The molecule has 0 bridgehead atoms. The Labute approximate surface area is 103 Å². The van der Waals surface area contributed by atoms with Gasteiger partial charge >= 0.3 is 0 Å². The number of hydrogen-bond donors (Lipinski definition) is 2. The van der Waals surface area contributed by atoms with Crippen molar-refractivity contribution in [2.24, 2.45) is 0 Å². The van der Waals surface area contributed by atoms with E-state index < -0.39 is 0 Å². The van der Waals surface area contributed by atoms with Gasteiger partial charge in [-0.2, -0.15) is 0 Å².